The zero-order chi connectivity index (χ0) is 10.2. The minimum absolute atomic E-state index is 0.107. The molecule has 0 aromatic heterocycles. The first-order valence-electron chi connectivity index (χ1n) is 4.06. The first-order chi connectivity index (χ1) is 5.93. The van der Waals surface area contributed by atoms with Crippen LogP contribution in [-0.4, -0.2) is 62.1 Å². The highest BCUT2D eigenvalue weighted by Crippen LogP contribution is 2.28. The predicted octanol–water partition coefficient (Wildman–Crippen LogP) is -3.48. The van der Waals surface area contributed by atoms with E-state index in [2.05, 4.69) is 0 Å². The molecule has 6 nitrogen and oxygen atoms in total. The third kappa shape index (κ3) is 1.56. The summed E-state index contributed by atoms with van der Waals surface area (Å²) in [7, 11) is 0. The molecule has 6 heteroatoms. The predicted molar refractivity (Wildman–Crippen MR) is 42.6 cm³/mol. The van der Waals surface area contributed by atoms with Crippen molar-refractivity contribution in [2.45, 2.75) is 36.4 Å². The number of hydrogen-bond donors (Lipinski definition) is 6. The molecule has 5 atom stereocenters. The van der Waals surface area contributed by atoms with Gasteiger partial charge < -0.3 is 31.3 Å². The summed E-state index contributed by atoms with van der Waals surface area (Å²) in [6.07, 6.45) is -4.04. The minimum Gasteiger partial charge on any atom is -0.393 e. The van der Waals surface area contributed by atoms with Gasteiger partial charge in [-0.3, -0.25) is 0 Å². The first-order valence-corrected chi connectivity index (χ1v) is 4.06. The SMILES string of the molecule is N[C@H]1[C@H](O)C[C@@H](O)[C@H](O)[C@]1(O)CO. The van der Waals surface area contributed by atoms with E-state index < -0.39 is 36.6 Å². The minimum atomic E-state index is -2.03. The van der Waals surface area contributed by atoms with Gasteiger partial charge in [0.25, 0.3) is 0 Å². The van der Waals surface area contributed by atoms with Crippen molar-refractivity contribution in [1.82, 2.24) is 0 Å². The molecular weight excluding hydrogens is 178 g/mol. The average Bonchev–Trinajstić information content (AvgIpc) is 2.12. The normalized spacial score (nSPS) is 52.2. The molecule has 1 saturated carbocycles. The van der Waals surface area contributed by atoms with Crippen LogP contribution in [0.15, 0.2) is 0 Å². The zero-order valence-electron chi connectivity index (χ0n) is 7.04. The van der Waals surface area contributed by atoms with Gasteiger partial charge in [-0.15, -0.1) is 0 Å². The van der Waals surface area contributed by atoms with E-state index in [1.165, 1.54) is 0 Å². The highest BCUT2D eigenvalue weighted by Gasteiger charge is 2.51. The maximum atomic E-state index is 9.61. The Morgan fingerprint density at radius 1 is 1.23 bits per heavy atom. The Bertz CT molecular complexity index is 174. The number of hydrogen-bond acceptors (Lipinski definition) is 6. The third-order valence-electron chi connectivity index (χ3n) is 2.60. The van der Waals surface area contributed by atoms with E-state index in [0.29, 0.717) is 0 Å². The fraction of sp³-hybridized carbons (Fsp3) is 1.00. The van der Waals surface area contributed by atoms with Gasteiger partial charge in [-0.25, -0.2) is 0 Å². The van der Waals surface area contributed by atoms with Crippen molar-refractivity contribution in [2.75, 3.05) is 6.61 Å². The lowest BCUT2D eigenvalue weighted by molar-refractivity contribution is -0.201. The molecule has 7 N–H and O–H groups in total. The molecule has 0 heterocycles. The van der Waals surface area contributed by atoms with Gasteiger partial charge in [0.2, 0.25) is 0 Å². The van der Waals surface area contributed by atoms with Gasteiger partial charge in [0.05, 0.1) is 24.9 Å². The molecular formula is C7H15NO5. The molecule has 1 aliphatic rings. The quantitative estimate of drug-likeness (QED) is 0.257. The number of rotatable bonds is 1. The van der Waals surface area contributed by atoms with E-state index in [9.17, 15) is 20.4 Å². The van der Waals surface area contributed by atoms with Crippen LogP contribution in [0.2, 0.25) is 0 Å². The van der Waals surface area contributed by atoms with Gasteiger partial charge in [-0.1, -0.05) is 0 Å². The van der Waals surface area contributed by atoms with Crippen LogP contribution in [0.5, 0.6) is 0 Å². The van der Waals surface area contributed by atoms with E-state index in [1.54, 1.807) is 0 Å². The van der Waals surface area contributed by atoms with Crippen molar-refractivity contribution in [3.63, 3.8) is 0 Å². The van der Waals surface area contributed by atoms with E-state index in [-0.39, 0.29) is 6.42 Å². The van der Waals surface area contributed by atoms with Crippen LogP contribution in [0, 0.1) is 0 Å². The smallest absolute Gasteiger partial charge is 0.133 e. The largest absolute Gasteiger partial charge is 0.393 e. The monoisotopic (exact) mass is 193 g/mol. The lowest BCUT2D eigenvalue weighted by atomic mass is 9.75. The van der Waals surface area contributed by atoms with Gasteiger partial charge in [0.15, 0.2) is 0 Å². The van der Waals surface area contributed by atoms with Crippen molar-refractivity contribution in [3.05, 3.63) is 0 Å². The highest BCUT2D eigenvalue weighted by atomic mass is 16.4. The molecule has 0 aromatic carbocycles. The summed E-state index contributed by atoms with van der Waals surface area (Å²) < 4.78 is 0. The third-order valence-corrected chi connectivity index (χ3v) is 2.60. The van der Waals surface area contributed by atoms with E-state index in [0.717, 1.165) is 0 Å². The standard InChI is InChI=1S/C7H15NO5/c8-5-3(10)1-4(11)6(12)7(5,13)2-9/h3-6,9-13H,1-2,8H2/t3-,4-,5+,6+,7+/m1/s1. The van der Waals surface area contributed by atoms with Crippen LogP contribution >= 0.6 is 0 Å². The Labute approximate surface area is 75.2 Å². The van der Waals surface area contributed by atoms with Crippen LogP contribution in [0.25, 0.3) is 0 Å². The fourth-order valence-corrected chi connectivity index (χ4v) is 1.59. The van der Waals surface area contributed by atoms with Gasteiger partial charge in [-0.05, 0) is 0 Å². The average molecular weight is 193 g/mol. The summed E-state index contributed by atoms with van der Waals surface area (Å²) in [4.78, 5) is 0. The molecule has 0 unspecified atom stereocenters. The zero-order valence-corrected chi connectivity index (χ0v) is 7.04. The van der Waals surface area contributed by atoms with E-state index in [4.69, 9.17) is 10.8 Å². The van der Waals surface area contributed by atoms with Crippen molar-refractivity contribution < 1.29 is 25.5 Å². The molecule has 0 bridgehead atoms. The van der Waals surface area contributed by atoms with Crippen molar-refractivity contribution >= 4 is 0 Å². The summed E-state index contributed by atoms with van der Waals surface area (Å²) in [5, 5.41) is 46.2. The van der Waals surface area contributed by atoms with Crippen LogP contribution < -0.4 is 5.73 Å². The molecule has 1 fully saturated rings. The molecule has 0 aliphatic heterocycles. The number of aliphatic hydroxyl groups is 5. The topological polar surface area (TPSA) is 127 Å². The Balaban J connectivity index is 2.88. The van der Waals surface area contributed by atoms with E-state index >= 15 is 0 Å². The molecule has 78 valence electrons. The molecule has 1 aliphatic carbocycles. The first kappa shape index (κ1) is 10.8. The maximum Gasteiger partial charge on any atom is 0.133 e. The lowest BCUT2D eigenvalue weighted by Crippen LogP contribution is -2.70. The van der Waals surface area contributed by atoms with Crippen LogP contribution in [0.3, 0.4) is 0 Å². The second-order valence-corrected chi connectivity index (χ2v) is 3.49. The van der Waals surface area contributed by atoms with Gasteiger partial charge in [-0.2, -0.15) is 0 Å². The molecule has 0 radical (unpaired) electrons. The fourth-order valence-electron chi connectivity index (χ4n) is 1.59. The van der Waals surface area contributed by atoms with Crippen LogP contribution in [0.4, 0.5) is 0 Å². The maximum absolute atomic E-state index is 9.61. The summed E-state index contributed by atoms with van der Waals surface area (Å²) in [5.74, 6) is 0. The molecule has 0 saturated heterocycles. The molecule has 0 aromatic rings. The molecule has 13 heavy (non-hydrogen) atoms. The molecule has 0 spiro atoms. The van der Waals surface area contributed by atoms with E-state index in [1.807, 2.05) is 0 Å². The van der Waals surface area contributed by atoms with Crippen LogP contribution in [0.1, 0.15) is 6.42 Å². The second kappa shape index (κ2) is 3.49. The van der Waals surface area contributed by atoms with Crippen molar-refractivity contribution in [2.24, 2.45) is 5.73 Å². The number of aliphatic hydroxyl groups excluding tert-OH is 4. The Kier molecular flexibility index (Phi) is 2.91. The molecule has 1 rings (SSSR count). The number of nitrogens with two attached hydrogens (primary N) is 1. The summed E-state index contributed by atoms with van der Waals surface area (Å²) >= 11 is 0. The van der Waals surface area contributed by atoms with Gasteiger partial charge >= 0.3 is 0 Å². The summed E-state index contributed by atoms with van der Waals surface area (Å²) in [6.45, 7) is -0.802. The summed E-state index contributed by atoms with van der Waals surface area (Å²) in [6, 6.07) is -1.16. The molecule has 0 amide bonds. The Morgan fingerprint density at radius 3 is 2.23 bits per heavy atom. The van der Waals surface area contributed by atoms with Gasteiger partial charge in [0, 0.05) is 6.42 Å². The Hall–Kier alpha value is -0.240. The summed E-state index contributed by atoms with van der Waals surface area (Å²) in [5.41, 5.74) is 3.36. The van der Waals surface area contributed by atoms with Crippen LogP contribution in [-0.2, 0) is 0 Å². The second-order valence-electron chi connectivity index (χ2n) is 3.49. The highest BCUT2D eigenvalue weighted by molar-refractivity contribution is 5.06. The van der Waals surface area contributed by atoms with Crippen molar-refractivity contribution in [1.29, 1.82) is 0 Å². The van der Waals surface area contributed by atoms with Crippen molar-refractivity contribution in [3.8, 4) is 0 Å². The van der Waals surface area contributed by atoms with Gasteiger partial charge in [0.1, 0.15) is 11.7 Å². The Morgan fingerprint density at radius 2 is 1.77 bits per heavy atom. The lowest BCUT2D eigenvalue weighted by Gasteiger charge is -2.45.